The van der Waals surface area contributed by atoms with E-state index in [-0.39, 0.29) is 5.91 Å². The Kier molecular flexibility index (Phi) is 4.42. The maximum Gasteiger partial charge on any atom is 0.255 e. The highest BCUT2D eigenvalue weighted by molar-refractivity contribution is 7.15. The zero-order valence-corrected chi connectivity index (χ0v) is 16.3. The van der Waals surface area contributed by atoms with Gasteiger partial charge in [0.25, 0.3) is 5.91 Å². The van der Waals surface area contributed by atoms with Gasteiger partial charge in [0.1, 0.15) is 0 Å². The van der Waals surface area contributed by atoms with E-state index in [4.69, 9.17) is 0 Å². The Hall–Kier alpha value is -3.70. The molecule has 0 aliphatic carbocycles. The molecule has 4 nitrogen and oxygen atoms in total. The van der Waals surface area contributed by atoms with Crippen LogP contribution >= 0.6 is 11.3 Å². The van der Waals surface area contributed by atoms with Crippen molar-refractivity contribution in [1.82, 2.24) is 9.38 Å². The lowest BCUT2D eigenvalue weighted by molar-refractivity contribution is 0.102. The third-order valence-corrected chi connectivity index (χ3v) is 5.56. The van der Waals surface area contributed by atoms with E-state index in [9.17, 15) is 4.79 Å². The van der Waals surface area contributed by atoms with Crippen LogP contribution in [0.2, 0.25) is 0 Å². The van der Waals surface area contributed by atoms with Crippen molar-refractivity contribution < 1.29 is 4.79 Å². The molecule has 29 heavy (non-hydrogen) atoms. The van der Waals surface area contributed by atoms with Crippen LogP contribution in [-0.2, 0) is 0 Å². The lowest BCUT2D eigenvalue weighted by atomic mass is 10.0. The Morgan fingerprint density at radius 3 is 2.24 bits per heavy atom. The largest absolute Gasteiger partial charge is 0.322 e. The first kappa shape index (κ1) is 17.4. The molecule has 0 saturated heterocycles. The summed E-state index contributed by atoms with van der Waals surface area (Å²) in [6, 6.07) is 25.5. The molecule has 0 aliphatic rings. The van der Waals surface area contributed by atoms with E-state index >= 15 is 0 Å². The number of nitrogens with zero attached hydrogens (tertiary/aromatic N) is 2. The van der Waals surface area contributed by atoms with Crippen LogP contribution in [0, 0.1) is 0 Å². The lowest BCUT2D eigenvalue weighted by Crippen LogP contribution is -2.11. The van der Waals surface area contributed by atoms with Gasteiger partial charge in [-0.15, -0.1) is 11.3 Å². The monoisotopic (exact) mass is 395 g/mol. The number of hydrogen-bond acceptors (Lipinski definition) is 3. The summed E-state index contributed by atoms with van der Waals surface area (Å²) in [7, 11) is 0. The summed E-state index contributed by atoms with van der Waals surface area (Å²) < 4.78 is 2.01. The van der Waals surface area contributed by atoms with Crippen LogP contribution in [0.5, 0.6) is 0 Å². The number of rotatable bonds is 4. The van der Waals surface area contributed by atoms with Crippen molar-refractivity contribution in [2.75, 3.05) is 5.32 Å². The van der Waals surface area contributed by atoms with E-state index < -0.39 is 0 Å². The predicted molar refractivity (Wildman–Crippen MR) is 118 cm³/mol. The molecular formula is C24H17N3OS. The molecular weight excluding hydrogens is 378 g/mol. The van der Waals surface area contributed by atoms with Crippen molar-refractivity contribution in [3.8, 4) is 22.4 Å². The third-order valence-electron chi connectivity index (χ3n) is 4.79. The van der Waals surface area contributed by atoms with E-state index in [1.807, 2.05) is 88.9 Å². The molecule has 2 heterocycles. The van der Waals surface area contributed by atoms with Gasteiger partial charge in [-0.25, -0.2) is 4.98 Å². The summed E-state index contributed by atoms with van der Waals surface area (Å²) in [6.07, 6.45) is 4.00. The van der Waals surface area contributed by atoms with Gasteiger partial charge in [-0.3, -0.25) is 9.20 Å². The molecule has 1 amide bonds. The number of anilines is 1. The fourth-order valence-corrected chi connectivity index (χ4v) is 3.94. The van der Waals surface area contributed by atoms with Gasteiger partial charge < -0.3 is 5.32 Å². The second kappa shape index (κ2) is 7.37. The average Bonchev–Trinajstić information content (AvgIpc) is 3.38. The van der Waals surface area contributed by atoms with Crippen LogP contribution in [0.3, 0.4) is 0 Å². The van der Waals surface area contributed by atoms with Crippen LogP contribution in [0.1, 0.15) is 10.4 Å². The first-order valence-electron chi connectivity index (χ1n) is 9.26. The van der Waals surface area contributed by atoms with Crippen LogP contribution in [0.4, 0.5) is 5.69 Å². The second-order valence-electron chi connectivity index (χ2n) is 6.69. The molecule has 140 valence electrons. The van der Waals surface area contributed by atoms with Crippen LogP contribution in [0.15, 0.2) is 96.6 Å². The molecule has 3 aromatic carbocycles. The highest BCUT2D eigenvalue weighted by atomic mass is 32.1. The highest BCUT2D eigenvalue weighted by Crippen LogP contribution is 2.24. The number of fused-ring (bicyclic) bond motifs is 1. The number of thiazole rings is 1. The number of aromatic nitrogens is 2. The minimum atomic E-state index is -0.125. The molecule has 1 N–H and O–H groups in total. The predicted octanol–water partition coefficient (Wildman–Crippen LogP) is 5.98. The quantitative estimate of drug-likeness (QED) is 0.407. The number of nitrogens with one attached hydrogen (secondary N) is 1. The summed E-state index contributed by atoms with van der Waals surface area (Å²) in [5.41, 5.74) is 5.55. The standard InChI is InChI=1S/C24H17N3OS/c28-23(20-8-6-18(7-9-20)17-4-2-1-3-5-17)25-21-12-10-19(11-13-21)22-16-27-14-15-29-24(27)26-22/h1-16H,(H,25,28). The maximum absolute atomic E-state index is 12.6. The Bertz CT molecular complexity index is 1240. The number of benzene rings is 3. The van der Waals surface area contributed by atoms with E-state index in [1.54, 1.807) is 11.3 Å². The van der Waals surface area contributed by atoms with Crippen molar-refractivity contribution in [1.29, 1.82) is 0 Å². The Morgan fingerprint density at radius 2 is 1.52 bits per heavy atom. The zero-order valence-electron chi connectivity index (χ0n) is 15.4. The van der Waals surface area contributed by atoms with E-state index in [0.29, 0.717) is 5.56 Å². The van der Waals surface area contributed by atoms with E-state index in [0.717, 1.165) is 33.0 Å². The molecule has 0 fully saturated rings. The molecule has 0 radical (unpaired) electrons. The first-order valence-corrected chi connectivity index (χ1v) is 10.1. The number of hydrogen-bond donors (Lipinski definition) is 1. The SMILES string of the molecule is O=C(Nc1ccc(-c2cn3ccsc3n2)cc1)c1ccc(-c2ccccc2)cc1. The summed E-state index contributed by atoms with van der Waals surface area (Å²) in [6.45, 7) is 0. The van der Waals surface area contributed by atoms with Gasteiger partial charge in [-0.2, -0.15) is 0 Å². The normalized spacial score (nSPS) is 10.9. The number of carbonyl (C=O) groups is 1. The van der Waals surface area contributed by atoms with Crippen molar-refractivity contribution in [3.05, 3.63) is 102 Å². The van der Waals surface area contributed by atoms with Crippen molar-refractivity contribution in [2.45, 2.75) is 0 Å². The maximum atomic E-state index is 12.6. The molecule has 0 spiro atoms. The lowest BCUT2D eigenvalue weighted by Gasteiger charge is -2.07. The van der Waals surface area contributed by atoms with Gasteiger partial charge in [0, 0.05) is 34.6 Å². The number of amides is 1. The topological polar surface area (TPSA) is 46.4 Å². The van der Waals surface area contributed by atoms with Gasteiger partial charge in [0.15, 0.2) is 4.96 Å². The molecule has 0 aliphatic heterocycles. The van der Waals surface area contributed by atoms with E-state index in [1.165, 1.54) is 0 Å². The molecule has 5 heteroatoms. The molecule has 0 saturated carbocycles. The second-order valence-corrected chi connectivity index (χ2v) is 7.57. The van der Waals surface area contributed by atoms with Crippen molar-refractivity contribution >= 4 is 27.9 Å². The smallest absolute Gasteiger partial charge is 0.255 e. The van der Waals surface area contributed by atoms with Gasteiger partial charge in [0.2, 0.25) is 0 Å². The molecule has 0 atom stereocenters. The van der Waals surface area contributed by atoms with Crippen LogP contribution < -0.4 is 5.32 Å². The van der Waals surface area contributed by atoms with Gasteiger partial charge >= 0.3 is 0 Å². The fraction of sp³-hybridized carbons (Fsp3) is 0. The van der Waals surface area contributed by atoms with Gasteiger partial charge in [-0.05, 0) is 35.4 Å². The van der Waals surface area contributed by atoms with Crippen molar-refractivity contribution in [3.63, 3.8) is 0 Å². The summed E-state index contributed by atoms with van der Waals surface area (Å²) in [5, 5.41) is 4.97. The van der Waals surface area contributed by atoms with Crippen molar-refractivity contribution in [2.24, 2.45) is 0 Å². The Labute approximate surface area is 172 Å². The minimum absolute atomic E-state index is 0.125. The minimum Gasteiger partial charge on any atom is -0.322 e. The van der Waals surface area contributed by atoms with Gasteiger partial charge in [0.05, 0.1) is 5.69 Å². The molecule has 0 bridgehead atoms. The van der Waals surface area contributed by atoms with E-state index in [2.05, 4.69) is 22.4 Å². The number of carbonyl (C=O) groups excluding carboxylic acids is 1. The fourth-order valence-electron chi connectivity index (χ4n) is 3.24. The average molecular weight is 395 g/mol. The zero-order chi connectivity index (χ0) is 19.6. The summed E-state index contributed by atoms with van der Waals surface area (Å²) >= 11 is 1.61. The molecule has 0 unspecified atom stereocenters. The first-order chi connectivity index (χ1) is 14.3. The number of imidazole rings is 1. The van der Waals surface area contributed by atoms with Gasteiger partial charge in [-0.1, -0.05) is 54.6 Å². The molecule has 5 aromatic rings. The molecule has 5 rings (SSSR count). The summed E-state index contributed by atoms with van der Waals surface area (Å²) in [5.74, 6) is -0.125. The Balaban J connectivity index is 1.29. The third kappa shape index (κ3) is 3.56. The Morgan fingerprint density at radius 1 is 0.828 bits per heavy atom. The summed E-state index contributed by atoms with van der Waals surface area (Å²) in [4.78, 5) is 18.2. The van der Waals surface area contributed by atoms with Crippen LogP contribution in [-0.4, -0.2) is 15.3 Å². The van der Waals surface area contributed by atoms with Crippen LogP contribution in [0.25, 0.3) is 27.3 Å². The molecule has 2 aromatic heterocycles. The highest BCUT2D eigenvalue weighted by Gasteiger charge is 2.08.